The maximum Gasteiger partial charge on any atom is 0.248 e. The van der Waals surface area contributed by atoms with Crippen LogP contribution in [0.5, 0.6) is 11.5 Å². The molecule has 2 aliphatic rings. The molecule has 0 fully saturated rings. The summed E-state index contributed by atoms with van der Waals surface area (Å²) in [6.45, 7) is 0. The molecule has 2 heterocycles. The Balaban J connectivity index is 1.84. The number of fused-ring (bicyclic) bond motifs is 5. The van der Waals surface area contributed by atoms with Gasteiger partial charge in [0.15, 0.2) is 0 Å². The predicted octanol–water partition coefficient (Wildman–Crippen LogP) is 2.45. The first kappa shape index (κ1) is 13.4. The maximum atomic E-state index is 12.9. The molecule has 2 unspecified atom stereocenters. The van der Waals surface area contributed by atoms with Crippen molar-refractivity contribution in [2.24, 2.45) is 0 Å². The highest BCUT2D eigenvalue weighted by molar-refractivity contribution is 7.89. The van der Waals surface area contributed by atoms with Crippen molar-refractivity contribution in [2.45, 2.75) is 17.0 Å². The van der Waals surface area contributed by atoms with Crippen LogP contribution in [0.15, 0.2) is 59.5 Å². The minimum atomic E-state index is -3.88. The molecule has 0 spiro atoms. The molecule has 0 radical (unpaired) electrons. The Hall–Kier alpha value is -2.31. The van der Waals surface area contributed by atoms with Gasteiger partial charge in [0.1, 0.15) is 16.4 Å². The summed E-state index contributed by atoms with van der Waals surface area (Å²) in [4.78, 5) is -0.197. The average Bonchev–Trinajstić information content (AvgIpc) is 3.04. The minimum Gasteiger partial charge on any atom is -0.508 e. The zero-order chi connectivity index (χ0) is 15.5. The Labute approximate surface area is 127 Å². The number of benzene rings is 2. The van der Waals surface area contributed by atoms with Crippen LogP contribution in [0.3, 0.4) is 0 Å². The van der Waals surface area contributed by atoms with E-state index in [-0.39, 0.29) is 22.7 Å². The van der Waals surface area contributed by atoms with Crippen LogP contribution in [-0.2, 0) is 10.0 Å². The molecule has 0 saturated heterocycles. The number of hydrogen-bond donors (Lipinski definition) is 2. The molecule has 2 aromatic carbocycles. The van der Waals surface area contributed by atoms with Gasteiger partial charge in [-0.3, -0.25) is 0 Å². The second-order valence-corrected chi connectivity index (χ2v) is 7.20. The molecule has 4 rings (SSSR count). The van der Waals surface area contributed by atoms with Crippen LogP contribution in [0.2, 0.25) is 0 Å². The fraction of sp³-hybridized carbons (Fsp3) is 0.125. The molecule has 5 nitrogen and oxygen atoms in total. The third kappa shape index (κ3) is 1.65. The third-order valence-corrected chi connectivity index (χ3v) is 6.07. The summed E-state index contributed by atoms with van der Waals surface area (Å²) < 4.78 is 27.3. The van der Waals surface area contributed by atoms with Crippen molar-refractivity contribution in [3.63, 3.8) is 0 Å². The van der Waals surface area contributed by atoms with Gasteiger partial charge in [0.05, 0.1) is 12.1 Å². The molecule has 6 heteroatoms. The number of aromatic hydroxyl groups is 2. The minimum absolute atomic E-state index is 0.178. The molecule has 0 aliphatic carbocycles. The second-order valence-electron chi connectivity index (χ2n) is 5.39. The van der Waals surface area contributed by atoms with Gasteiger partial charge in [-0.1, -0.05) is 36.4 Å². The molecular weight excluding hydrogens is 302 g/mol. The number of rotatable bonds is 2. The standard InChI is InChI=1S/C16H13NO4S/c18-10-5-8-16(15(19)9-10)22(20,21)17-13-6-7-14(17)12-4-2-1-3-11(12)13/h1-9,13-14,18-19H. The first-order valence-corrected chi connectivity index (χ1v) is 8.27. The van der Waals surface area contributed by atoms with Gasteiger partial charge < -0.3 is 10.2 Å². The summed E-state index contributed by atoms with van der Waals surface area (Å²) in [5.41, 5.74) is 1.94. The lowest BCUT2D eigenvalue weighted by Crippen LogP contribution is -2.28. The summed E-state index contributed by atoms with van der Waals surface area (Å²) in [7, 11) is -3.88. The van der Waals surface area contributed by atoms with Gasteiger partial charge in [0.25, 0.3) is 0 Å². The topological polar surface area (TPSA) is 77.8 Å². The Morgan fingerprint density at radius 2 is 1.50 bits per heavy atom. The van der Waals surface area contributed by atoms with Crippen molar-refractivity contribution in [3.05, 3.63) is 65.7 Å². The zero-order valence-corrected chi connectivity index (χ0v) is 12.2. The first-order valence-electron chi connectivity index (χ1n) is 6.83. The molecule has 2 aromatic rings. The number of hydrogen-bond acceptors (Lipinski definition) is 4. The van der Waals surface area contributed by atoms with E-state index in [0.29, 0.717) is 0 Å². The Bertz CT molecular complexity index is 871. The third-order valence-electron chi connectivity index (χ3n) is 4.16. The summed E-state index contributed by atoms with van der Waals surface area (Å²) in [5, 5.41) is 19.3. The van der Waals surface area contributed by atoms with Crippen molar-refractivity contribution in [2.75, 3.05) is 0 Å². The zero-order valence-electron chi connectivity index (χ0n) is 11.4. The van der Waals surface area contributed by atoms with E-state index < -0.39 is 15.8 Å². The number of sulfonamides is 1. The van der Waals surface area contributed by atoms with Gasteiger partial charge >= 0.3 is 0 Å². The van der Waals surface area contributed by atoms with Gasteiger partial charge in [-0.15, -0.1) is 0 Å². The summed E-state index contributed by atoms with van der Waals surface area (Å²) >= 11 is 0. The van der Waals surface area contributed by atoms with Crippen LogP contribution >= 0.6 is 0 Å². The lowest BCUT2D eigenvalue weighted by molar-refractivity contribution is 0.379. The van der Waals surface area contributed by atoms with Crippen LogP contribution in [0.1, 0.15) is 23.2 Å². The molecule has 22 heavy (non-hydrogen) atoms. The highest BCUT2D eigenvalue weighted by Crippen LogP contribution is 2.51. The largest absolute Gasteiger partial charge is 0.508 e. The summed E-state index contributed by atoms with van der Waals surface area (Å²) in [6, 6.07) is 10.4. The normalized spacial score (nSPS) is 22.9. The number of phenolic OH excluding ortho intramolecular Hbond substituents is 2. The molecule has 112 valence electrons. The van der Waals surface area contributed by atoms with E-state index in [1.807, 2.05) is 36.4 Å². The fourth-order valence-corrected chi connectivity index (χ4v) is 4.98. The van der Waals surface area contributed by atoms with Crippen molar-refractivity contribution in [3.8, 4) is 11.5 Å². The van der Waals surface area contributed by atoms with Gasteiger partial charge in [-0.2, -0.15) is 4.31 Å². The van der Waals surface area contributed by atoms with E-state index in [1.54, 1.807) is 0 Å². The second kappa shape index (κ2) is 4.34. The average molecular weight is 315 g/mol. The lowest BCUT2D eigenvalue weighted by Gasteiger charge is -2.22. The Morgan fingerprint density at radius 3 is 2.05 bits per heavy atom. The van der Waals surface area contributed by atoms with E-state index in [2.05, 4.69) is 0 Å². The monoisotopic (exact) mass is 315 g/mol. The van der Waals surface area contributed by atoms with Crippen LogP contribution in [-0.4, -0.2) is 22.9 Å². The molecule has 2 aliphatic heterocycles. The molecule has 0 saturated carbocycles. The van der Waals surface area contributed by atoms with Crippen molar-refractivity contribution >= 4 is 10.0 Å². The predicted molar refractivity (Wildman–Crippen MR) is 79.9 cm³/mol. The smallest absolute Gasteiger partial charge is 0.248 e. The highest BCUT2D eigenvalue weighted by atomic mass is 32.2. The molecule has 0 aromatic heterocycles. The van der Waals surface area contributed by atoms with Gasteiger partial charge in [-0.05, 0) is 23.3 Å². The van der Waals surface area contributed by atoms with Crippen molar-refractivity contribution in [1.29, 1.82) is 0 Å². The summed E-state index contributed by atoms with van der Waals surface area (Å²) in [6.07, 6.45) is 3.73. The van der Waals surface area contributed by atoms with Crippen molar-refractivity contribution < 1.29 is 18.6 Å². The molecule has 2 bridgehead atoms. The molecule has 2 N–H and O–H groups in total. The molecular formula is C16H13NO4S. The van der Waals surface area contributed by atoms with E-state index in [1.165, 1.54) is 16.4 Å². The number of phenols is 2. The van der Waals surface area contributed by atoms with Crippen LogP contribution in [0, 0.1) is 0 Å². The summed E-state index contributed by atoms with van der Waals surface area (Å²) in [5.74, 6) is -0.627. The van der Waals surface area contributed by atoms with E-state index in [4.69, 9.17) is 0 Å². The van der Waals surface area contributed by atoms with Crippen LogP contribution in [0.4, 0.5) is 0 Å². The van der Waals surface area contributed by atoms with E-state index in [0.717, 1.165) is 17.2 Å². The van der Waals surface area contributed by atoms with Crippen molar-refractivity contribution in [1.82, 2.24) is 4.31 Å². The number of nitrogens with zero attached hydrogens (tertiary/aromatic N) is 1. The van der Waals surface area contributed by atoms with Gasteiger partial charge in [0, 0.05) is 6.07 Å². The lowest BCUT2D eigenvalue weighted by atomic mass is 9.97. The van der Waals surface area contributed by atoms with Crippen LogP contribution < -0.4 is 0 Å². The Morgan fingerprint density at radius 1 is 0.909 bits per heavy atom. The van der Waals surface area contributed by atoms with Crippen LogP contribution in [0.25, 0.3) is 0 Å². The molecule has 2 atom stereocenters. The Kier molecular flexibility index (Phi) is 2.64. The fourth-order valence-electron chi connectivity index (χ4n) is 3.22. The van der Waals surface area contributed by atoms with Gasteiger partial charge in [-0.25, -0.2) is 8.42 Å². The first-order chi connectivity index (χ1) is 10.5. The SMILES string of the molecule is O=S(=O)(c1ccc(O)cc1O)N1C2C=CC1c1ccccc12. The van der Waals surface area contributed by atoms with E-state index in [9.17, 15) is 18.6 Å². The van der Waals surface area contributed by atoms with Gasteiger partial charge in [0.2, 0.25) is 10.0 Å². The maximum absolute atomic E-state index is 12.9. The van der Waals surface area contributed by atoms with E-state index >= 15 is 0 Å². The quantitative estimate of drug-likeness (QED) is 0.835. The molecule has 0 amide bonds. The highest BCUT2D eigenvalue weighted by Gasteiger charge is 2.47.